The number of halogens is 8. The molecule has 2 saturated carbocycles. The summed E-state index contributed by atoms with van der Waals surface area (Å²) in [5, 5.41) is 28.0. The molecule has 111 heavy (non-hydrogen) atoms. The molecule has 6 N–H and O–H groups in total. The number of likely N-dealkylation sites (tertiary alicyclic amines) is 2. The minimum absolute atomic E-state index is 0.0659. The first kappa shape index (κ1) is 88.3. The fourth-order valence-corrected chi connectivity index (χ4v) is 15.0. The fourth-order valence-electron chi connectivity index (χ4n) is 13.1. The maximum Gasteiger partial charge on any atom is 0.410 e. The summed E-state index contributed by atoms with van der Waals surface area (Å²) in [5.41, 5.74) is -5.38. The van der Waals surface area contributed by atoms with Gasteiger partial charge in [-0.1, -0.05) is 63.0 Å². The number of carboxylic acid groups (broad SMARTS) is 1. The van der Waals surface area contributed by atoms with E-state index in [2.05, 4.69) is 82.3 Å². The maximum atomic E-state index is 13.3. The van der Waals surface area contributed by atoms with E-state index in [0.717, 1.165) is 38.5 Å². The summed E-state index contributed by atoms with van der Waals surface area (Å²) in [6, 6.07) is 17.5. The first-order valence-corrected chi connectivity index (χ1v) is 40.2. The van der Waals surface area contributed by atoms with E-state index >= 15 is 0 Å². The van der Waals surface area contributed by atoms with Gasteiger partial charge >= 0.3 is 30.5 Å². The molecule has 4 fully saturated rings. The van der Waals surface area contributed by atoms with Crippen LogP contribution in [-0.4, -0.2) is 168 Å². The lowest BCUT2D eigenvalue weighted by molar-refractivity contribution is -0.190. The second-order valence-electron chi connectivity index (χ2n) is 32.6. The largest absolute Gasteiger partial charge is 0.478 e. The topological polar surface area (TPSA) is 350 Å². The number of nitrogens with zero attached hydrogens (tertiary/aromatic N) is 10. The average Bonchev–Trinajstić information content (AvgIpc) is 1.62. The van der Waals surface area contributed by atoms with Gasteiger partial charge in [0.2, 0.25) is 11.8 Å². The van der Waals surface area contributed by atoms with Gasteiger partial charge in [0.15, 0.2) is 21.7 Å². The Hall–Kier alpha value is -8.28. The van der Waals surface area contributed by atoms with Crippen LogP contribution in [0, 0.1) is 34.5 Å². The molecule has 2 aliphatic heterocycles. The lowest BCUT2D eigenvalue weighted by atomic mass is 9.89. The zero-order valence-electron chi connectivity index (χ0n) is 64.6. The molecule has 2 aliphatic carbocycles. The van der Waals surface area contributed by atoms with Crippen molar-refractivity contribution in [2.45, 2.75) is 231 Å². The Morgan fingerprint density at radius 2 is 0.973 bits per heavy atom. The van der Waals surface area contributed by atoms with E-state index in [4.69, 9.17) is 52.4 Å². The van der Waals surface area contributed by atoms with Gasteiger partial charge in [0, 0.05) is 60.8 Å². The zero-order chi connectivity index (χ0) is 82.4. The predicted octanol–water partition coefficient (Wildman–Crippen LogP) is 15.5. The highest BCUT2D eigenvalue weighted by Gasteiger charge is 2.63. The molecule has 6 aromatic heterocycles. The number of primary sulfonamides is 1. The van der Waals surface area contributed by atoms with Crippen LogP contribution in [0.1, 0.15) is 195 Å². The second-order valence-corrected chi connectivity index (χ2v) is 36.4. The number of carbonyl (C=O) groups is 4. The van der Waals surface area contributed by atoms with Gasteiger partial charge in [-0.25, -0.2) is 62.0 Å². The molecule has 612 valence electrons. The number of aromatic nitrogens is 8. The Balaban J connectivity index is 0.000000232. The summed E-state index contributed by atoms with van der Waals surface area (Å²) < 4.78 is 154. The number of sulfonamides is 2. The number of aromatic carboxylic acids is 1. The number of ether oxygens (including phenoxy) is 4. The van der Waals surface area contributed by atoms with Gasteiger partial charge < -0.3 is 44.5 Å². The Bertz CT molecular complexity index is 4500. The molecule has 2 saturated heterocycles. The van der Waals surface area contributed by atoms with E-state index in [1.54, 1.807) is 23.1 Å². The van der Waals surface area contributed by atoms with Crippen molar-refractivity contribution in [1.29, 1.82) is 0 Å². The highest BCUT2D eigenvalue weighted by atomic mass is 35.5. The lowest BCUT2D eigenvalue weighted by Gasteiger charge is -2.33. The molecule has 0 bridgehead atoms. The molecule has 4 atom stereocenters. The number of rotatable bonds is 27. The molecule has 0 aromatic carbocycles. The molecular formula is C74H100Cl2F6N14O13S2. The molecule has 6 aromatic rings. The summed E-state index contributed by atoms with van der Waals surface area (Å²) >= 11 is 12.1. The average molecular weight is 1640 g/mol. The minimum Gasteiger partial charge on any atom is -0.478 e. The number of alkyl halides is 6. The van der Waals surface area contributed by atoms with Gasteiger partial charge in [0.25, 0.3) is 26.0 Å². The third kappa shape index (κ3) is 24.1. The molecule has 10 rings (SSSR count). The van der Waals surface area contributed by atoms with Gasteiger partial charge in [-0.2, -0.15) is 34.8 Å². The summed E-state index contributed by atoms with van der Waals surface area (Å²) in [6.07, 6.45) is -0.864. The number of carbonyl (C=O) groups excluding carboxylic acids is 3. The summed E-state index contributed by atoms with van der Waals surface area (Å²) in [6.45, 7) is 28.7. The number of carboxylic acids is 1. The third-order valence-corrected chi connectivity index (χ3v) is 22.4. The minimum atomic E-state index is -4.44. The van der Waals surface area contributed by atoms with Gasteiger partial charge in [-0.15, -0.1) is 10.2 Å². The number of amides is 3. The first-order chi connectivity index (χ1) is 51.3. The van der Waals surface area contributed by atoms with E-state index < -0.39 is 66.3 Å². The first-order valence-electron chi connectivity index (χ1n) is 36.4. The summed E-state index contributed by atoms with van der Waals surface area (Å²) in [5.74, 6) is 0.323. The molecule has 0 radical (unpaired) electrons. The molecule has 27 nitrogen and oxygen atoms in total. The van der Waals surface area contributed by atoms with Crippen LogP contribution in [0.15, 0.2) is 95.2 Å². The van der Waals surface area contributed by atoms with Crippen molar-refractivity contribution in [3.05, 3.63) is 107 Å². The molecule has 8 heterocycles. The van der Waals surface area contributed by atoms with Gasteiger partial charge in [-0.3, -0.25) is 4.79 Å². The van der Waals surface area contributed by atoms with Crippen molar-refractivity contribution in [2.75, 3.05) is 36.9 Å². The van der Waals surface area contributed by atoms with Gasteiger partial charge in [-0.05, 0) is 218 Å². The molecule has 2 unspecified atom stereocenters. The molecule has 3 amide bonds. The van der Waals surface area contributed by atoms with Crippen molar-refractivity contribution < 1.29 is 86.4 Å². The number of hydrogen-bond donors (Lipinski definition) is 5. The number of anilines is 2. The smallest absolute Gasteiger partial charge is 0.410 e. The molecular weight excluding hydrogens is 1540 g/mol. The zero-order valence-corrected chi connectivity index (χ0v) is 67.7. The predicted molar refractivity (Wildman–Crippen MR) is 403 cm³/mol. The number of nitrogens with two attached hydrogens (primary N) is 1. The third-order valence-electron chi connectivity index (χ3n) is 19.7. The van der Waals surface area contributed by atoms with Crippen LogP contribution in [0.25, 0.3) is 11.6 Å². The number of nitrogens with one attached hydrogen (secondary N) is 3. The highest BCUT2D eigenvalue weighted by molar-refractivity contribution is 7.90. The van der Waals surface area contributed by atoms with Crippen molar-refractivity contribution >= 4 is 78.9 Å². The van der Waals surface area contributed by atoms with Crippen molar-refractivity contribution in [3.63, 3.8) is 0 Å². The van der Waals surface area contributed by atoms with Crippen LogP contribution in [0.5, 0.6) is 11.8 Å². The molecule has 0 spiro atoms. The quantitative estimate of drug-likeness (QED) is 0.0236. The van der Waals surface area contributed by atoms with E-state index in [9.17, 15) is 62.4 Å². The Morgan fingerprint density at radius 1 is 0.586 bits per heavy atom. The Labute approximate surface area is 653 Å². The van der Waals surface area contributed by atoms with Crippen molar-refractivity contribution in [1.82, 2.24) is 54.0 Å². The van der Waals surface area contributed by atoms with E-state index in [0.29, 0.717) is 36.6 Å². The number of pyridine rings is 4. The van der Waals surface area contributed by atoms with Crippen LogP contribution < -0.4 is 30.0 Å². The van der Waals surface area contributed by atoms with E-state index in [1.807, 2.05) is 65.0 Å². The van der Waals surface area contributed by atoms with Crippen LogP contribution in [0.3, 0.4) is 0 Å². The number of hydrogen-bond acceptors (Lipinski definition) is 20. The monoisotopic (exact) mass is 1640 g/mol. The maximum absolute atomic E-state index is 13.3. The Kier molecular flexibility index (Phi) is 27.5. The second kappa shape index (κ2) is 34.6. The Morgan fingerprint density at radius 3 is 1.32 bits per heavy atom. The van der Waals surface area contributed by atoms with Crippen LogP contribution >= 0.6 is 23.2 Å². The molecule has 37 heteroatoms. The highest BCUT2D eigenvalue weighted by Crippen LogP contribution is 2.61. The van der Waals surface area contributed by atoms with Crippen molar-refractivity contribution in [3.8, 4) is 23.4 Å². The fraction of sp³-hybridized carbons (Fsp3) is 0.595. The molecule has 4 aliphatic rings. The summed E-state index contributed by atoms with van der Waals surface area (Å²) in [4.78, 5) is 69.7. The lowest BCUT2D eigenvalue weighted by Crippen LogP contribution is -2.45. The van der Waals surface area contributed by atoms with Crippen molar-refractivity contribution in [2.24, 2.45) is 39.6 Å². The van der Waals surface area contributed by atoms with Gasteiger partial charge in [0.05, 0.1) is 35.2 Å². The van der Waals surface area contributed by atoms with Crippen LogP contribution in [-0.2, 0) is 29.5 Å². The van der Waals surface area contributed by atoms with E-state index in [-0.39, 0.29) is 154 Å². The van der Waals surface area contributed by atoms with Crippen LogP contribution in [0.2, 0.25) is 10.3 Å². The van der Waals surface area contributed by atoms with Gasteiger partial charge in [0.1, 0.15) is 33.1 Å². The normalized spacial score (nSPS) is 18.4. The van der Waals surface area contributed by atoms with Crippen LogP contribution in [0.4, 0.5) is 47.6 Å². The SMILES string of the molecule is CC(C)C(CC[C@@H]1CN(C(=O)OC(C)(C)C)C(C)(C)C1)Nc1cccc(S(=O)(=O)NC(=O)c2ccc(-n3ccc(OCCC4(C(F)(F)F)CC4)n3)nc2Cl)n1.CC(C)C(CC[C@H]1CN(C(=O)OC(C)(C)C)C(C)(C)C1)Nc1cccc(S(N)(=O)=O)n1.O=C(O)c1ccc(-n2ccc(OCCC3(C(F)(F)F)CC3)n2)nc1Cl. The summed E-state index contributed by atoms with van der Waals surface area (Å²) in [7, 11) is -8.29. The van der Waals surface area contributed by atoms with E-state index in [1.165, 1.54) is 76.4 Å². The standard InChI is InChI=1S/C37H49ClF3N7O6S.C22H38N4O4S.C15H13ClF3N3O3/c1-23(2)26(13-11-24-21-35(6,7)47(22-24)33(50)54-34(3,4)5)42-27-9-8-10-30(43-27)55(51,52)46-32(49)25-12-14-28(44-31(25)38)48-19-15-29(45-48)53-20-18-36(16-17-36)37(39,40)41;1-15(2)17(24-18-9-8-10-19(25-18)31(23,28)29)12-11-16-13-22(6,7)26(14-16)20(27)30-21(3,4)5;16-12-9(13(23)24)1-2-10(20-12)22-7-3-11(21-22)25-8-6-14(4-5-14)15(17,18)19/h8-10,12,14-15,19,23-24,26H,11,13,16-18,20-22H2,1-7H3,(H,42,43)(H,46,49);8-10,15-17H,11-14H2,1-7H3,(H,24,25)(H2,23,28,29);1-3,7H,4-6,8H2,(H,23,24)/t24-,26?;16-,17?;/m01./s1.